The number of hydrogen-bond acceptors (Lipinski definition) is 10. The molecule has 0 amide bonds. The first-order valence-electron chi connectivity index (χ1n) is 10.7. The van der Waals surface area contributed by atoms with Gasteiger partial charge in [-0.2, -0.15) is 8.42 Å². The quantitative estimate of drug-likeness (QED) is 0.246. The number of nitrogens with one attached hydrogen (secondary N) is 1. The van der Waals surface area contributed by atoms with Gasteiger partial charge < -0.3 is 29.1 Å². The van der Waals surface area contributed by atoms with Crippen molar-refractivity contribution >= 4 is 22.1 Å². The molecule has 1 atom stereocenters. The first kappa shape index (κ1) is 26.3. The van der Waals surface area contributed by atoms with Crippen molar-refractivity contribution in [1.29, 1.82) is 5.41 Å². The number of benzene rings is 2. The molecular weight excluding hydrogens is 478 g/mol. The van der Waals surface area contributed by atoms with Gasteiger partial charge in [-0.25, -0.2) is 0 Å². The summed E-state index contributed by atoms with van der Waals surface area (Å²) in [5.41, 5.74) is 0.0621. The van der Waals surface area contributed by atoms with E-state index in [1.165, 1.54) is 27.5 Å². The molecule has 190 valence electrons. The average molecular weight is 508 g/mol. The largest absolute Gasteiger partial charge is 0.493 e. The van der Waals surface area contributed by atoms with Gasteiger partial charge in [0.2, 0.25) is 12.5 Å². The number of carbonyl (C=O) groups excluding carboxylic acids is 1. The van der Waals surface area contributed by atoms with Gasteiger partial charge in [0.05, 0.1) is 34.2 Å². The molecule has 1 unspecified atom stereocenters. The summed E-state index contributed by atoms with van der Waals surface area (Å²) in [5.74, 6) is 1.84. The highest BCUT2D eigenvalue weighted by molar-refractivity contribution is 7.85. The number of ketones is 1. The van der Waals surface area contributed by atoms with Crippen molar-refractivity contribution in [3.05, 3.63) is 41.5 Å². The fourth-order valence-corrected chi connectivity index (χ4v) is 4.47. The third-order valence-corrected chi connectivity index (χ3v) is 6.44. The van der Waals surface area contributed by atoms with Crippen LogP contribution in [0.3, 0.4) is 0 Å². The summed E-state index contributed by atoms with van der Waals surface area (Å²) in [6, 6.07) is 8.41. The van der Waals surface area contributed by atoms with Crippen LogP contribution in [0.5, 0.6) is 28.7 Å². The van der Waals surface area contributed by atoms with E-state index in [1.54, 1.807) is 30.3 Å². The van der Waals surface area contributed by atoms with E-state index < -0.39 is 15.5 Å². The van der Waals surface area contributed by atoms with Crippen LogP contribution in [0.4, 0.5) is 0 Å². The molecule has 0 bridgehead atoms. The molecule has 0 aromatic heterocycles. The molecule has 2 aromatic rings. The predicted molar refractivity (Wildman–Crippen MR) is 128 cm³/mol. The minimum absolute atomic E-state index is 0.0478. The summed E-state index contributed by atoms with van der Waals surface area (Å²) in [6.07, 6.45) is 2.44. The molecule has 10 nitrogen and oxygen atoms in total. The molecule has 2 aromatic carbocycles. The van der Waals surface area contributed by atoms with Gasteiger partial charge in [0, 0.05) is 17.4 Å². The first-order valence-corrected chi connectivity index (χ1v) is 12.5. The lowest BCUT2D eigenvalue weighted by Gasteiger charge is -2.33. The molecule has 0 spiro atoms. The second-order valence-electron chi connectivity index (χ2n) is 8.05. The summed E-state index contributed by atoms with van der Waals surface area (Å²) in [5, 5.41) is 7.84. The topological polar surface area (TPSA) is 130 Å². The van der Waals surface area contributed by atoms with Crippen LogP contribution < -0.4 is 23.7 Å². The number of ether oxygens (including phenoxy) is 5. The maximum absolute atomic E-state index is 13.6. The molecule has 1 N–H and O–H groups in total. The Kier molecular flexibility index (Phi) is 8.23. The van der Waals surface area contributed by atoms with Gasteiger partial charge in [-0.1, -0.05) is 6.07 Å². The second-order valence-corrected chi connectivity index (χ2v) is 9.69. The summed E-state index contributed by atoms with van der Waals surface area (Å²) in [4.78, 5) is 13.6. The van der Waals surface area contributed by atoms with Crippen LogP contribution in [0.1, 0.15) is 35.2 Å². The van der Waals surface area contributed by atoms with E-state index >= 15 is 0 Å². The van der Waals surface area contributed by atoms with E-state index in [2.05, 4.69) is 0 Å². The predicted octanol–water partition coefficient (Wildman–Crippen LogP) is 3.36. The highest BCUT2D eigenvalue weighted by Crippen LogP contribution is 2.43. The lowest BCUT2D eigenvalue weighted by atomic mass is 9.71. The van der Waals surface area contributed by atoms with E-state index in [1.807, 2.05) is 0 Å². The monoisotopic (exact) mass is 507 g/mol. The van der Waals surface area contributed by atoms with Crippen LogP contribution in [-0.4, -0.2) is 61.4 Å². The van der Waals surface area contributed by atoms with Crippen LogP contribution in [0.2, 0.25) is 0 Å². The Morgan fingerprint density at radius 3 is 2.29 bits per heavy atom. The van der Waals surface area contributed by atoms with Crippen molar-refractivity contribution in [2.45, 2.75) is 24.7 Å². The fraction of sp³-hybridized carbons (Fsp3) is 0.417. The molecule has 0 aliphatic carbocycles. The Morgan fingerprint density at radius 2 is 1.71 bits per heavy atom. The SMILES string of the molecule is COc1cc(C(=O)CC(CC=N)(CCOS(C)(=O)=O)c2ccc3c(c2)OCO3)cc(OC)c1OC. The Labute approximate surface area is 204 Å². The molecule has 0 saturated carbocycles. The Hall–Kier alpha value is -3.31. The second kappa shape index (κ2) is 11.0. The number of hydrogen-bond donors (Lipinski definition) is 1. The molecule has 11 heteroatoms. The Bertz CT molecular complexity index is 1170. The molecule has 1 aliphatic heterocycles. The van der Waals surface area contributed by atoms with Crippen LogP contribution in [0, 0.1) is 5.41 Å². The van der Waals surface area contributed by atoms with Crippen molar-refractivity contribution in [3.63, 3.8) is 0 Å². The standard InChI is InChI=1S/C24H29NO9S/c1-29-21-11-16(12-22(30-2)23(21)31-3)18(26)14-24(7-9-25,8-10-34-35(4,27)28)17-5-6-19-20(13-17)33-15-32-19/h5-6,9,11-13,25H,7-8,10,14-15H2,1-4H3. The smallest absolute Gasteiger partial charge is 0.264 e. The maximum atomic E-state index is 13.6. The maximum Gasteiger partial charge on any atom is 0.264 e. The summed E-state index contributed by atoms with van der Waals surface area (Å²) in [7, 11) is 0.694. The highest BCUT2D eigenvalue weighted by Gasteiger charge is 2.36. The highest BCUT2D eigenvalue weighted by atomic mass is 32.2. The normalized spacial score (nSPS) is 14.2. The fourth-order valence-electron chi connectivity index (χ4n) is 4.09. The minimum Gasteiger partial charge on any atom is -0.493 e. The van der Waals surface area contributed by atoms with Gasteiger partial charge in [0.1, 0.15) is 0 Å². The molecule has 0 saturated heterocycles. The number of Topliss-reactive ketones (excluding diaryl/α,β-unsaturated/α-hetero) is 1. The number of rotatable bonds is 13. The number of carbonyl (C=O) groups is 1. The molecule has 1 aliphatic rings. The zero-order valence-corrected chi connectivity index (χ0v) is 20.9. The van der Waals surface area contributed by atoms with Crippen molar-refractivity contribution in [2.75, 3.05) is 41.0 Å². The molecular formula is C24H29NO9S. The van der Waals surface area contributed by atoms with E-state index in [0.29, 0.717) is 39.9 Å². The minimum atomic E-state index is -3.69. The van der Waals surface area contributed by atoms with Gasteiger partial charge in [-0.15, -0.1) is 0 Å². The number of methoxy groups -OCH3 is 3. The summed E-state index contributed by atoms with van der Waals surface area (Å²) >= 11 is 0. The van der Waals surface area contributed by atoms with Crippen molar-refractivity contribution in [3.8, 4) is 28.7 Å². The molecule has 0 radical (unpaired) electrons. The summed E-state index contributed by atoms with van der Waals surface area (Å²) < 4.78 is 55.2. The average Bonchev–Trinajstić information content (AvgIpc) is 3.30. The third kappa shape index (κ3) is 6.04. The Balaban J connectivity index is 2.04. The van der Waals surface area contributed by atoms with Crippen LogP contribution in [-0.2, 0) is 19.7 Å². The van der Waals surface area contributed by atoms with Crippen LogP contribution in [0.25, 0.3) is 0 Å². The molecule has 35 heavy (non-hydrogen) atoms. The van der Waals surface area contributed by atoms with Crippen molar-refractivity contribution < 1.29 is 41.1 Å². The van der Waals surface area contributed by atoms with Crippen molar-refractivity contribution in [1.82, 2.24) is 0 Å². The van der Waals surface area contributed by atoms with Crippen LogP contribution >= 0.6 is 0 Å². The van der Waals surface area contributed by atoms with E-state index in [9.17, 15) is 13.2 Å². The molecule has 1 heterocycles. The van der Waals surface area contributed by atoms with Gasteiger partial charge in [-0.05, 0) is 48.9 Å². The van der Waals surface area contributed by atoms with Crippen LogP contribution in [0.15, 0.2) is 30.3 Å². The summed E-state index contributed by atoms with van der Waals surface area (Å²) in [6.45, 7) is -0.0818. The molecule has 3 rings (SSSR count). The van der Waals surface area contributed by atoms with E-state index in [4.69, 9.17) is 33.3 Å². The van der Waals surface area contributed by atoms with Gasteiger partial charge in [-0.3, -0.25) is 8.98 Å². The van der Waals surface area contributed by atoms with Crippen molar-refractivity contribution in [2.24, 2.45) is 0 Å². The zero-order chi connectivity index (χ0) is 25.6. The Morgan fingerprint density at radius 1 is 1.06 bits per heavy atom. The van der Waals surface area contributed by atoms with Gasteiger partial charge in [0.25, 0.3) is 10.1 Å². The third-order valence-electron chi connectivity index (χ3n) is 5.84. The lowest BCUT2D eigenvalue weighted by Crippen LogP contribution is -2.32. The van der Waals surface area contributed by atoms with E-state index in [0.717, 1.165) is 6.26 Å². The zero-order valence-electron chi connectivity index (χ0n) is 20.1. The molecule has 0 fully saturated rings. The lowest BCUT2D eigenvalue weighted by molar-refractivity contribution is 0.0940. The van der Waals surface area contributed by atoms with E-state index in [-0.39, 0.29) is 38.4 Å². The van der Waals surface area contributed by atoms with Gasteiger partial charge >= 0.3 is 0 Å². The first-order chi connectivity index (χ1) is 16.7. The van der Waals surface area contributed by atoms with Gasteiger partial charge in [0.15, 0.2) is 28.8 Å². The number of fused-ring (bicyclic) bond motifs is 1.